The highest BCUT2D eigenvalue weighted by molar-refractivity contribution is 7.90. The van der Waals surface area contributed by atoms with Gasteiger partial charge in [0.05, 0.1) is 21.7 Å². The lowest BCUT2D eigenvalue weighted by molar-refractivity contribution is -0.0335. The van der Waals surface area contributed by atoms with Gasteiger partial charge < -0.3 is 10.8 Å². The van der Waals surface area contributed by atoms with Gasteiger partial charge in [-0.25, -0.2) is 15.0 Å². The minimum atomic E-state index is -4.02. The van der Waals surface area contributed by atoms with Crippen molar-refractivity contribution >= 4 is 32.4 Å². The topological polar surface area (TPSA) is 144 Å². The van der Waals surface area contributed by atoms with Crippen molar-refractivity contribution in [3.8, 4) is 22.5 Å². The van der Waals surface area contributed by atoms with Crippen molar-refractivity contribution in [1.82, 2.24) is 19.4 Å². The van der Waals surface area contributed by atoms with Crippen molar-refractivity contribution < 1.29 is 18.1 Å². The third-order valence-electron chi connectivity index (χ3n) is 7.17. The number of pyridine rings is 1. The molecule has 0 saturated heterocycles. The number of fused-ring (bicyclic) bond motifs is 2. The zero-order chi connectivity index (χ0) is 29.4. The molecule has 210 valence electrons. The van der Waals surface area contributed by atoms with Gasteiger partial charge in [0.25, 0.3) is 10.1 Å². The average Bonchev–Trinajstić information content (AvgIpc) is 3.32. The fourth-order valence-corrected chi connectivity index (χ4v) is 5.68. The normalized spacial score (nSPS) is 18.9. The molecule has 4 N–H and O–H groups in total. The second kappa shape index (κ2) is 10.9. The Morgan fingerprint density at radius 2 is 1.80 bits per heavy atom. The van der Waals surface area contributed by atoms with Crippen molar-refractivity contribution in [2.24, 2.45) is 0 Å². The molecule has 5 aromatic rings. The second-order valence-corrected chi connectivity index (χ2v) is 11.7. The van der Waals surface area contributed by atoms with E-state index in [1.54, 1.807) is 6.20 Å². The molecular formula is C31H31N5O4S. The summed E-state index contributed by atoms with van der Waals surface area (Å²) in [5, 5.41) is 11.3. The van der Waals surface area contributed by atoms with Gasteiger partial charge in [0, 0.05) is 34.8 Å². The molecule has 1 saturated carbocycles. The van der Waals surface area contributed by atoms with Gasteiger partial charge in [-0.2, -0.15) is 8.42 Å². The van der Waals surface area contributed by atoms with Crippen LogP contribution in [0.5, 0.6) is 0 Å². The number of aliphatic hydroxyl groups is 1. The van der Waals surface area contributed by atoms with E-state index >= 15 is 0 Å². The monoisotopic (exact) mass is 569 g/mol. The van der Waals surface area contributed by atoms with Gasteiger partial charge in [0.2, 0.25) is 0 Å². The smallest absolute Gasteiger partial charge is 0.294 e. The van der Waals surface area contributed by atoms with Crippen molar-refractivity contribution in [3.63, 3.8) is 0 Å². The molecule has 2 aromatic carbocycles. The lowest BCUT2D eigenvalue weighted by atomic mass is 9.72. The number of nitrogens with zero attached hydrogens (tertiary/aromatic N) is 4. The number of rotatable bonds is 5. The number of imidazole rings is 1. The average molecular weight is 570 g/mol. The number of hydrogen-bond acceptors (Lipinski definition) is 7. The summed E-state index contributed by atoms with van der Waals surface area (Å²) < 4.78 is 30.8. The van der Waals surface area contributed by atoms with E-state index in [0.717, 1.165) is 50.8 Å². The van der Waals surface area contributed by atoms with Crippen LogP contribution >= 0.6 is 0 Å². The number of nitrogen functional groups attached to an aromatic ring is 1. The van der Waals surface area contributed by atoms with E-state index in [4.69, 9.17) is 20.3 Å². The Labute approximate surface area is 238 Å². The van der Waals surface area contributed by atoms with Crippen LogP contribution in [0.3, 0.4) is 0 Å². The van der Waals surface area contributed by atoms with Gasteiger partial charge in [0.1, 0.15) is 22.9 Å². The standard InChI is InChI=1S/C26H23N5O.C5H8O3S/c1-26(32)14-19(15-26)25-30-22(23-24(27)28-11-12-31(23)25)18-8-7-17-9-10-20(29-21(17)13-18)16-5-3-2-4-6-16;1-3-5(4-2)9(6,7)8/h2-13,19,32H,14-15H2,1H3,(H2,27,28);3-4H,1H2,2H3,(H,6,7,8)/b;5-4+. The summed E-state index contributed by atoms with van der Waals surface area (Å²) in [5.74, 6) is 1.55. The Hall–Kier alpha value is -4.38. The molecule has 0 aliphatic heterocycles. The maximum atomic E-state index is 10.3. The first kappa shape index (κ1) is 28.2. The van der Waals surface area contributed by atoms with E-state index in [-0.39, 0.29) is 10.8 Å². The summed E-state index contributed by atoms with van der Waals surface area (Å²) in [4.78, 5) is 14.0. The van der Waals surface area contributed by atoms with E-state index in [2.05, 4.69) is 48.0 Å². The lowest BCUT2D eigenvalue weighted by Crippen LogP contribution is -2.40. The van der Waals surface area contributed by atoms with E-state index in [0.29, 0.717) is 18.7 Å². The van der Waals surface area contributed by atoms with E-state index in [1.165, 1.54) is 13.0 Å². The molecule has 9 nitrogen and oxygen atoms in total. The maximum Gasteiger partial charge on any atom is 0.294 e. The number of nitrogens with two attached hydrogens (primary N) is 1. The minimum absolute atomic E-state index is 0.164. The van der Waals surface area contributed by atoms with Crippen molar-refractivity contribution in [2.45, 2.75) is 38.2 Å². The van der Waals surface area contributed by atoms with Crippen LogP contribution in [0.2, 0.25) is 0 Å². The molecule has 1 aliphatic rings. The number of hydrogen-bond donors (Lipinski definition) is 3. The highest BCUT2D eigenvalue weighted by atomic mass is 32.2. The highest BCUT2D eigenvalue weighted by Gasteiger charge is 2.41. The van der Waals surface area contributed by atoms with Gasteiger partial charge in [-0.3, -0.25) is 8.95 Å². The predicted molar refractivity (Wildman–Crippen MR) is 162 cm³/mol. The van der Waals surface area contributed by atoms with E-state index in [9.17, 15) is 13.5 Å². The second-order valence-electron chi connectivity index (χ2n) is 10.3. The molecule has 0 unspecified atom stereocenters. The first-order chi connectivity index (χ1) is 19.5. The van der Waals surface area contributed by atoms with Crippen LogP contribution in [0.15, 0.2) is 96.7 Å². The molecule has 3 heterocycles. The summed E-state index contributed by atoms with van der Waals surface area (Å²) in [5.41, 5.74) is 11.1. The summed E-state index contributed by atoms with van der Waals surface area (Å²) in [6.07, 6.45) is 7.32. The van der Waals surface area contributed by atoms with Crippen LogP contribution in [0.25, 0.3) is 38.9 Å². The van der Waals surface area contributed by atoms with Crippen LogP contribution in [0.4, 0.5) is 5.82 Å². The summed E-state index contributed by atoms with van der Waals surface area (Å²) in [6, 6.07) is 20.5. The Balaban J connectivity index is 0.000000327. The molecule has 41 heavy (non-hydrogen) atoms. The SMILES string of the molecule is C=C/C(=C\C)S(=O)(=O)O.CC1(O)CC(c2nc(-c3ccc4ccc(-c5ccccc5)nc4c3)c3c(N)nccn23)C1. The lowest BCUT2D eigenvalue weighted by Gasteiger charge is -2.40. The van der Waals surface area contributed by atoms with Crippen LogP contribution in [0.1, 0.15) is 38.4 Å². The molecule has 0 atom stereocenters. The van der Waals surface area contributed by atoms with Gasteiger partial charge in [-0.15, -0.1) is 0 Å². The maximum absolute atomic E-state index is 10.3. The quantitative estimate of drug-likeness (QED) is 0.178. The molecule has 0 bridgehead atoms. The van der Waals surface area contributed by atoms with Gasteiger partial charge >= 0.3 is 0 Å². The fraction of sp³-hybridized carbons (Fsp3) is 0.194. The van der Waals surface area contributed by atoms with Gasteiger partial charge in [-0.1, -0.05) is 61.2 Å². The van der Waals surface area contributed by atoms with Crippen molar-refractivity contribution in [2.75, 3.05) is 5.73 Å². The Kier molecular flexibility index (Phi) is 7.48. The van der Waals surface area contributed by atoms with Crippen molar-refractivity contribution in [3.05, 3.63) is 103 Å². The molecule has 0 radical (unpaired) electrons. The van der Waals surface area contributed by atoms with E-state index < -0.39 is 15.7 Å². The molecule has 0 amide bonds. The Morgan fingerprint density at radius 1 is 1.10 bits per heavy atom. The minimum Gasteiger partial charge on any atom is -0.390 e. The predicted octanol–water partition coefficient (Wildman–Crippen LogP) is 5.79. The molecule has 3 aromatic heterocycles. The molecule has 1 fully saturated rings. The number of allylic oxidation sites excluding steroid dienone is 2. The van der Waals surface area contributed by atoms with Crippen LogP contribution < -0.4 is 5.73 Å². The first-order valence-corrected chi connectivity index (χ1v) is 14.5. The number of anilines is 1. The molecular weight excluding hydrogens is 538 g/mol. The molecule has 0 spiro atoms. The molecule has 1 aliphatic carbocycles. The summed E-state index contributed by atoms with van der Waals surface area (Å²) in [7, 11) is -4.02. The first-order valence-electron chi connectivity index (χ1n) is 13.1. The van der Waals surface area contributed by atoms with Crippen LogP contribution in [-0.2, 0) is 10.1 Å². The van der Waals surface area contributed by atoms with Crippen LogP contribution in [0, 0.1) is 0 Å². The van der Waals surface area contributed by atoms with Crippen LogP contribution in [-0.4, -0.2) is 43.0 Å². The van der Waals surface area contributed by atoms with E-state index in [1.807, 2.05) is 41.8 Å². The Bertz CT molecular complexity index is 1890. The Morgan fingerprint density at radius 3 is 2.41 bits per heavy atom. The van der Waals surface area contributed by atoms with Gasteiger partial charge in [0.15, 0.2) is 0 Å². The summed E-state index contributed by atoms with van der Waals surface area (Å²) >= 11 is 0. The fourth-order valence-electron chi connectivity index (χ4n) is 5.17. The number of benzene rings is 2. The van der Waals surface area contributed by atoms with Gasteiger partial charge in [-0.05, 0) is 44.9 Å². The zero-order valence-corrected chi connectivity index (χ0v) is 23.6. The zero-order valence-electron chi connectivity index (χ0n) is 22.8. The largest absolute Gasteiger partial charge is 0.390 e. The number of aromatic nitrogens is 4. The molecule has 6 rings (SSSR count). The third-order valence-corrected chi connectivity index (χ3v) is 8.16. The highest BCUT2D eigenvalue weighted by Crippen LogP contribution is 2.45. The van der Waals surface area contributed by atoms with Crippen molar-refractivity contribution in [1.29, 1.82) is 0 Å². The molecule has 10 heteroatoms. The third kappa shape index (κ3) is 5.76. The summed E-state index contributed by atoms with van der Waals surface area (Å²) in [6.45, 7) is 6.57.